The Morgan fingerprint density at radius 2 is 1.92 bits per heavy atom. The molecule has 0 saturated carbocycles. The molecule has 13 heavy (non-hydrogen) atoms. The highest BCUT2D eigenvalue weighted by Crippen LogP contribution is 2.22. The molecule has 1 aromatic rings. The first-order chi connectivity index (χ1) is 6.16. The predicted molar refractivity (Wildman–Crippen MR) is 56.2 cm³/mol. The van der Waals surface area contributed by atoms with Crippen molar-refractivity contribution in [2.75, 3.05) is 5.33 Å². The van der Waals surface area contributed by atoms with Crippen molar-refractivity contribution in [3.63, 3.8) is 0 Å². The van der Waals surface area contributed by atoms with E-state index in [1.807, 2.05) is 0 Å². The second-order valence-electron chi connectivity index (χ2n) is 2.61. The Balaban J connectivity index is 2.96. The number of rotatable bonds is 3. The van der Waals surface area contributed by atoms with Crippen LogP contribution in [0.5, 0.6) is 0 Å². The van der Waals surface area contributed by atoms with Gasteiger partial charge in [-0.1, -0.05) is 15.9 Å². The lowest BCUT2D eigenvalue weighted by Crippen LogP contribution is -1.97. The molecule has 4 heteroatoms. The van der Waals surface area contributed by atoms with Gasteiger partial charge in [-0.05, 0) is 40.9 Å². The average molecular weight is 314 g/mol. The summed E-state index contributed by atoms with van der Waals surface area (Å²) >= 11 is 6.24. The van der Waals surface area contributed by atoms with Gasteiger partial charge in [-0.2, -0.15) is 0 Å². The Morgan fingerprint density at radius 1 is 1.23 bits per heavy atom. The summed E-state index contributed by atoms with van der Waals surface area (Å²) in [5.74, 6) is -0.956. The summed E-state index contributed by atoms with van der Waals surface area (Å²) in [5.41, 5.74) is 0.161. The molecule has 0 heterocycles. The van der Waals surface area contributed by atoms with Gasteiger partial charge in [-0.15, -0.1) is 0 Å². The molecule has 0 aliphatic heterocycles. The fourth-order valence-corrected chi connectivity index (χ4v) is 1.69. The molecule has 0 amide bonds. The second-order valence-corrected chi connectivity index (χ2v) is 4.26. The van der Waals surface area contributed by atoms with Gasteiger partial charge < -0.3 is 0 Å². The Hall–Kier alpha value is 0.0400. The summed E-state index contributed by atoms with van der Waals surface area (Å²) < 4.78 is 26.7. The maximum Gasteiger partial charge on any atom is 0.143 e. The third kappa shape index (κ3) is 2.74. The SMILES string of the molecule is Fc1ccc(Br)c(F)c1CCCBr. The van der Waals surface area contributed by atoms with Crippen molar-refractivity contribution >= 4 is 31.9 Å². The monoisotopic (exact) mass is 312 g/mol. The van der Waals surface area contributed by atoms with Crippen LogP contribution in [0, 0.1) is 11.6 Å². The largest absolute Gasteiger partial charge is 0.207 e. The minimum atomic E-state index is -0.485. The maximum absolute atomic E-state index is 13.3. The lowest BCUT2D eigenvalue weighted by Gasteiger charge is -2.04. The van der Waals surface area contributed by atoms with E-state index < -0.39 is 11.6 Å². The first kappa shape index (κ1) is 11.1. The lowest BCUT2D eigenvalue weighted by atomic mass is 10.1. The predicted octanol–water partition coefficient (Wildman–Crippen LogP) is 4.05. The maximum atomic E-state index is 13.3. The first-order valence-corrected chi connectivity index (χ1v) is 5.76. The van der Waals surface area contributed by atoms with Gasteiger partial charge in [0.1, 0.15) is 11.6 Å². The van der Waals surface area contributed by atoms with E-state index in [9.17, 15) is 8.78 Å². The van der Waals surface area contributed by atoms with E-state index >= 15 is 0 Å². The highest BCUT2D eigenvalue weighted by atomic mass is 79.9. The van der Waals surface area contributed by atoms with E-state index in [0.717, 1.165) is 11.8 Å². The standard InChI is InChI=1S/C9H8Br2F2/c10-5-1-2-6-8(12)4-3-7(11)9(6)13/h3-4H,1-2,5H2. The zero-order valence-corrected chi connectivity index (χ0v) is 9.96. The van der Waals surface area contributed by atoms with Crippen molar-refractivity contribution in [2.24, 2.45) is 0 Å². The van der Waals surface area contributed by atoms with Crippen LogP contribution in [0.4, 0.5) is 8.78 Å². The Kier molecular flexibility index (Phi) is 4.32. The molecule has 0 saturated heterocycles. The third-order valence-corrected chi connectivity index (χ3v) is 2.87. The quantitative estimate of drug-likeness (QED) is 0.583. The minimum Gasteiger partial charge on any atom is -0.207 e. The Morgan fingerprint density at radius 3 is 2.54 bits per heavy atom. The summed E-state index contributed by atoms with van der Waals surface area (Å²) in [6.45, 7) is 0. The van der Waals surface area contributed by atoms with E-state index in [4.69, 9.17) is 0 Å². The van der Waals surface area contributed by atoms with Crippen LogP contribution in [0.2, 0.25) is 0 Å². The van der Waals surface area contributed by atoms with Crippen molar-refractivity contribution in [1.82, 2.24) is 0 Å². The van der Waals surface area contributed by atoms with Gasteiger partial charge in [0.15, 0.2) is 0 Å². The molecule has 0 atom stereocenters. The third-order valence-electron chi connectivity index (χ3n) is 1.70. The summed E-state index contributed by atoms with van der Waals surface area (Å²) in [6.07, 6.45) is 1.15. The first-order valence-electron chi connectivity index (χ1n) is 3.85. The van der Waals surface area contributed by atoms with Crippen LogP contribution in [-0.4, -0.2) is 5.33 Å². The highest BCUT2D eigenvalue weighted by Gasteiger charge is 2.11. The Bertz CT molecular complexity index is 300. The van der Waals surface area contributed by atoms with Gasteiger partial charge in [0.2, 0.25) is 0 Å². The summed E-state index contributed by atoms with van der Waals surface area (Å²) in [7, 11) is 0. The number of alkyl halides is 1. The lowest BCUT2D eigenvalue weighted by molar-refractivity contribution is 0.549. The zero-order chi connectivity index (χ0) is 9.84. The van der Waals surface area contributed by atoms with Crippen LogP contribution in [0.25, 0.3) is 0 Å². The highest BCUT2D eigenvalue weighted by molar-refractivity contribution is 9.10. The smallest absolute Gasteiger partial charge is 0.143 e. The molecule has 1 aromatic carbocycles. The van der Waals surface area contributed by atoms with Crippen LogP contribution in [-0.2, 0) is 6.42 Å². The van der Waals surface area contributed by atoms with Crippen molar-refractivity contribution < 1.29 is 8.78 Å². The molecular weight excluding hydrogens is 306 g/mol. The van der Waals surface area contributed by atoms with E-state index in [1.165, 1.54) is 12.1 Å². The molecule has 0 aliphatic carbocycles. The number of halogens is 4. The van der Waals surface area contributed by atoms with Crippen molar-refractivity contribution in [3.05, 3.63) is 33.8 Å². The molecule has 72 valence electrons. The molecule has 0 N–H and O–H groups in total. The summed E-state index contributed by atoms with van der Waals surface area (Å²) in [5, 5.41) is 0.748. The number of hydrogen-bond acceptors (Lipinski definition) is 0. The van der Waals surface area contributed by atoms with Crippen LogP contribution in [0.3, 0.4) is 0 Å². The average Bonchev–Trinajstić information content (AvgIpc) is 2.12. The molecule has 0 aliphatic rings. The van der Waals surface area contributed by atoms with E-state index in [1.54, 1.807) is 0 Å². The van der Waals surface area contributed by atoms with Crippen LogP contribution in [0.1, 0.15) is 12.0 Å². The van der Waals surface area contributed by atoms with Gasteiger partial charge in [0.25, 0.3) is 0 Å². The molecule has 0 nitrogen and oxygen atoms in total. The van der Waals surface area contributed by atoms with E-state index in [0.29, 0.717) is 10.9 Å². The molecule has 1 rings (SSSR count). The summed E-state index contributed by atoms with van der Waals surface area (Å²) in [4.78, 5) is 0. The van der Waals surface area contributed by atoms with Crippen LogP contribution < -0.4 is 0 Å². The fourth-order valence-electron chi connectivity index (χ4n) is 1.04. The molecule has 0 bridgehead atoms. The number of benzene rings is 1. The second kappa shape index (κ2) is 5.05. The zero-order valence-electron chi connectivity index (χ0n) is 6.79. The summed E-state index contributed by atoms with van der Waals surface area (Å²) in [6, 6.07) is 2.65. The van der Waals surface area contributed by atoms with E-state index in [-0.39, 0.29) is 5.56 Å². The molecule has 0 aromatic heterocycles. The Labute approximate surface area is 92.6 Å². The molecule has 0 spiro atoms. The van der Waals surface area contributed by atoms with Crippen molar-refractivity contribution in [3.8, 4) is 0 Å². The van der Waals surface area contributed by atoms with Gasteiger partial charge >= 0.3 is 0 Å². The van der Waals surface area contributed by atoms with Crippen LogP contribution >= 0.6 is 31.9 Å². The minimum absolute atomic E-state index is 0.161. The van der Waals surface area contributed by atoms with Gasteiger partial charge in [-0.25, -0.2) is 8.78 Å². The molecule has 0 unspecified atom stereocenters. The van der Waals surface area contributed by atoms with E-state index in [2.05, 4.69) is 31.9 Å². The molecule has 0 radical (unpaired) electrons. The van der Waals surface area contributed by atoms with Gasteiger partial charge in [-0.3, -0.25) is 0 Å². The fraction of sp³-hybridized carbons (Fsp3) is 0.333. The molecular formula is C9H8Br2F2. The molecule has 0 fully saturated rings. The topological polar surface area (TPSA) is 0 Å². The van der Waals surface area contributed by atoms with Gasteiger partial charge in [0, 0.05) is 10.9 Å². The van der Waals surface area contributed by atoms with Gasteiger partial charge in [0.05, 0.1) is 4.47 Å². The van der Waals surface area contributed by atoms with Crippen molar-refractivity contribution in [2.45, 2.75) is 12.8 Å². The van der Waals surface area contributed by atoms with Crippen LogP contribution in [0.15, 0.2) is 16.6 Å². The normalized spacial score (nSPS) is 10.5. The number of hydrogen-bond donors (Lipinski definition) is 0. The van der Waals surface area contributed by atoms with Crippen molar-refractivity contribution in [1.29, 1.82) is 0 Å².